The standard InChI is InChI=1S/C22H26N2O3/c1-26-20-10-6-5-9-17(20)11-22(25)23-18-12-19-15-27-21(14-24(19)13-18)16-7-3-2-4-8-16/h2-10,18-19,21H,11-15H2,1H3,(H,23,25)/t18-,19-,21+/m0/s1. The minimum atomic E-state index is 0.0462. The molecule has 2 fully saturated rings. The van der Waals surface area contributed by atoms with Gasteiger partial charge in [-0.05, 0) is 18.1 Å². The van der Waals surface area contributed by atoms with Crippen LogP contribution in [0.2, 0.25) is 0 Å². The monoisotopic (exact) mass is 366 g/mol. The number of methoxy groups -OCH3 is 1. The molecule has 3 atom stereocenters. The van der Waals surface area contributed by atoms with Crippen molar-refractivity contribution in [3.63, 3.8) is 0 Å². The summed E-state index contributed by atoms with van der Waals surface area (Å²) in [5, 5.41) is 3.20. The average Bonchev–Trinajstić information content (AvgIpc) is 3.10. The van der Waals surface area contributed by atoms with Gasteiger partial charge in [-0.25, -0.2) is 0 Å². The predicted molar refractivity (Wildman–Crippen MR) is 104 cm³/mol. The van der Waals surface area contributed by atoms with Crippen molar-refractivity contribution in [1.29, 1.82) is 0 Å². The molecule has 0 unspecified atom stereocenters. The number of hydrogen-bond acceptors (Lipinski definition) is 4. The van der Waals surface area contributed by atoms with Crippen molar-refractivity contribution in [2.75, 3.05) is 26.8 Å². The van der Waals surface area contributed by atoms with Gasteiger partial charge in [-0.15, -0.1) is 0 Å². The van der Waals surface area contributed by atoms with Crippen LogP contribution >= 0.6 is 0 Å². The lowest BCUT2D eigenvalue weighted by atomic mass is 10.1. The number of carbonyl (C=O) groups is 1. The summed E-state index contributed by atoms with van der Waals surface area (Å²) in [7, 11) is 1.63. The molecule has 0 saturated carbocycles. The van der Waals surface area contributed by atoms with Gasteiger partial charge in [0.05, 0.1) is 26.2 Å². The Labute approximate surface area is 160 Å². The molecule has 1 amide bonds. The number of carbonyl (C=O) groups excluding carboxylic acids is 1. The number of para-hydroxylation sites is 1. The highest BCUT2D eigenvalue weighted by Crippen LogP contribution is 2.30. The zero-order valence-electron chi connectivity index (χ0n) is 15.6. The third kappa shape index (κ3) is 4.15. The van der Waals surface area contributed by atoms with Gasteiger partial charge in [0.1, 0.15) is 5.75 Å². The van der Waals surface area contributed by atoms with Gasteiger partial charge in [0, 0.05) is 30.7 Å². The van der Waals surface area contributed by atoms with Crippen molar-refractivity contribution in [2.45, 2.75) is 31.0 Å². The van der Waals surface area contributed by atoms with Crippen LogP contribution in [0.1, 0.15) is 23.7 Å². The molecular weight excluding hydrogens is 340 g/mol. The lowest BCUT2D eigenvalue weighted by Crippen LogP contribution is -2.43. The summed E-state index contributed by atoms with van der Waals surface area (Å²) < 4.78 is 11.4. The molecule has 0 aliphatic carbocycles. The average molecular weight is 366 g/mol. The maximum absolute atomic E-state index is 12.5. The summed E-state index contributed by atoms with van der Waals surface area (Å²) in [6.45, 7) is 2.49. The molecule has 4 rings (SSSR count). The lowest BCUT2D eigenvalue weighted by molar-refractivity contribution is -0.121. The normalized spacial score (nSPS) is 25.0. The summed E-state index contributed by atoms with van der Waals surface area (Å²) in [6.07, 6.45) is 1.40. The fraction of sp³-hybridized carbons (Fsp3) is 0.409. The van der Waals surface area contributed by atoms with E-state index in [1.54, 1.807) is 7.11 Å². The first-order valence-electron chi connectivity index (χ1n) is 9.55. The van der Waals surface area contributed by atoms with Crippen LogP contribution in [0.3, 0.4) is 0 Å². The largest absolute Gasteiger partial charge is 0.496 e. The number of rotatable bonds is 5. The van der Waals surface area contributed by atoms with Crippen molar-refractivity contribution >= 4 is 5.91 Å². The minimum absolute atomic E-state index is 0.0462. The molecule has 2 aromatic carbocycles. The van der Waals surface area contributed by atoms with E-state index in [1.807, 2.05) is 30.3 Å². The zero-order chi connectivity index (χ0) is 18.6. The number of ether oxygens (including phenoxy) is 2. The van der Waals surface area contributed by atoms with Crippen LogP contribution < -0.4 is 10.1 Å². The molecule has 2 aliphatic heterocycles. The van der Waals surface area contributed by atoms with Crippen LogP contribution in [-0.2, 0) is 16.0 Å². The number of morpholine rings is 1. The summed E-state index contributed by atoms with van der Waals surface area (Å²) in [5.74, 6) is 0.806. The summed E-state index contributed by atoms with van der Waals surface area (Å²) in [5.41, 5.74) is 2.14. The van der Waals surface area contributed by atoms with Crippen LogP contribution in [0.25, 0.3) is 0 Å². The third-order valence-electron chi connectivity index (χ3n) is 5.50. The second kappa shape index (κ2) is 8.11. The molecule has 2 aromatic rings. The summed E-state index contributed by atoms with van der Waals surface area (Å²) >= 11 is 0. The Bertz CT molecular complexity index is 780. The van der Waals surface area contributed by atoms with Gasteiger partial charge >= 0.3 is 0 Å². The summed E-state index contributed by atoms with van der Waals surface area (Å²) in [4.78, 5) is 15.0. The predicted octanol–water partition coefficient (Wildman–Crippen LogP) is 2.57. The fourth-order valence-corrected chi connectivity index (χ4v) is 4.15. The quantitative estimate of drug-likeness (QED) is 0.884. The SMILES string of the molecule is COc1ccccc1CC(=O)N[C@H]1C[C@H]2CO[C@@H](c3ccccc3)CN2C1. The van der Waals surface area contributed by atoms with Crippen LogP contribution in [0.15, 0.2) is 54.6 Å². The number of fused-ring (bicyclic) bond motifs is 1. The van der Waals surface area contributed by atoms with Crippen LogP contribution in [0, 0.1) is 0 Å². The molecule has 5 nitrogen and oxygen atoms in total. The molecule has 0 bridgehead atoms. The van der Waals surface area contributed by atoms with E-state index in [4.69, 9.17) is 9.47 Å². The van der Waals surface area contributed by atoms with Crippen molar-refractivity contribution in [3.05, 3.63) is 65.7 Å². The number of hydrogen-bond donors (Lipinski definition) is 1. The van der Waals surface area contributed by atoms with Gasteiger partial charge in [0.25, 0.3) is 0 Å². The molecule has 1 N–H and O–H groups in total. The third-order valence-corrected chi connectivity index (χ3v) is 5.50. The second-order valence-corrected chi connectivity index (χ2v) is 7.33. The van der Waals surface area contributed by atoms with Gasteiger partial charge < -0.3 is 14.8 Å². The summed E-state index contributed by atoms with van der Waals surface area (Å²) in [6, 6.07) is 18.6. The van der Waals surface area contributed by atoms with Gasteiger partial charge in [0.15, 0.2) is 0 Å². The van der Waals surface area contributed by atoms with Gasteiger partial charge in [-0.2, -0.15) is 0 Å². The van der Waals surface area contributed by atoms with Crippen LogP contribution in [0.5, 0.6) is 5.75 Å². The minimum Gasteiger partial charge on any atom is -0.496 e. The number of amides is 1. The van der Waals surface area contributed by atoms with E-state index < -0.39 is 0 Å². The van der Waals surface area contributed by atoms with E-state index in [2.05, 4.69) is 34.5 Å². The van der Waals surface area contributed by atoms with E-state index in [1.165, 1.54) is 5.56 Å². The molecule has 0 radical (unpaired) electrons. The van der Waals surface area contributed by atoms with E-state index in [9.17, 15) is 4.79 Å². The van der Waals surface area contributed by atoms with E-state index in [0.717, 1.165) is 37.4 Å². The van der Waals surface area contributed by atoms with Gasteiger partial charge in [0.2, 0.25) is 5.91 Å². The highest BCUT2D eigenvalue weighted by molar-refractivity contribution is 5.79. The van der Waals surface area contributed by atoms with Crippen LogP contribution in [0.4, 0.5) is 0 Å². The number of nitrogens with zero attached hydrogens (tertiary/aromatic N) is 1. The fourth-order valence-electron chi connectivity index (χ4n) is 4.15. The van der Waals surface area contributed by atoms with Gasteiger partial charge in [-0.1, -0.05) is 48.5 Å². The lowest BCUT2D eigenvalue weighted by Gasteiger charge is -2.35. The maximum atomic E-state index is 12.5. The number of nitrogens with one attached hydrogen (secondary N) is 1. The first-order valence-corrected chi connectivity index (χ1v) is 9.55. The first kappa shape index (κ1) is 18.0. The molecule has 0 aromatic heterocycles. The molecule has 5 heteroatoms. The van der Waals surface area contributed by atoms with E-state index in [-0.39, 0.29) is 18.1 Å². The Morgan fingerprint density at radius 3 is 2.74 bits per heavy atom. The van der Waals surface area contributed by atoms with Crippen molar-refractivity contribution < 1.29 is 14.3 Å². The van der Waals surface area contributed by atoms with Crippen molar-refractivity contribution in [3.8, 4) is 5.75 Å². The smallest absolute Gasteiger partial charge is 0.224 e. The molecular formula is C22H26N2O3. The molecule has 2 aliphatic rings. The Morgan fingerprint density at radius 2 is 1.93 bits per heavy atom. The second-order valence-electron chi connectivity index (χ2n) is 7.33. The zero-order valence-corrected chi connectivity index (χ0v) is 15.6. The molecule has 0 spiro atoms. The molecule has 2 saturated heterocycles. The number of benzene rings is 2. The highest BCUT2D eigenvalue weighted by atomic mass is 16.5. The molecule has 142 valence electrons. The first-order chi connectivity index (χ1) is 13.2. The highest BCUT2D eigenvalue weighted by Gasteiger charge is 2.38. The Morgan fingerprint density at radius 1 is 1.15 bits per heavy atom. The van der Waals surface area contributed by atoms with Crippen LogP contribution in [-0.4, -0.2) is 49.7 Å². The van der Waals surface area contributed by atoms with Crippen molar-refractivity contribution in [1.82, 2.24) is 10.2 Å². The molecule has 27 heavy (non-hydrogen) atoms. The Kier molecular flexibility index (Phi) is 5.41. The Hall–Kier alpha value is -2.37. The Balaban J connectivity index is 1.32. The van der Waals surface area contributed by atoms with Gasteiger partial charge in [-0.3, -0.25) is 9.69 Å². The van der Waals surface area contributed by atoms with Crippen molar-refractivity contribution in [2.24, 2.45) is 0 Å². The van der Waals surface area contributed by atoms with E-state index in [0.29, 0.717) is 12.5 Å². The van der Waals surface area contributed by atoms with E-state index >= 15 is 0 Å². The maximum Gasteiger partial charge on any atom is 0.224 e. The topological polar surface area (TPSA) is 50.8 Å². The molecule has 2 heterocycles.